The maximum absolute atomic E-state index is 13.0. The van der Waals surface area contributed by atoms with E-state index in [1.807, 2.05) is 17.0 Å². The molecule has 1 saturated carbocycles. The Morgan fingerprint density at radius 1 is 1.21 bits per heavy atom. The van der Waals surface area contributed by atoms with E-state index >= 15 is 0 Å². The zero-order chi connectivity index (χ0) is 23.0. The topological polar surface area (TPSA) is 95.5 Å². The van der Waals surface area contributed by atoms with Gasteiger partial charge in [-0.3, -0.25) is 24.4 Å². The number of carbonyl (C=O) groups is 3. The van der Waals surface area contributed by atoms with Crippen molar-refractivity contribution in [3.63, 3.8) is 0 Å². The molecule has 8 nitrogen and oxygen atoms in total. The minimum absolute atomic E-state index is 0.0380. The molecule has 8 heteroatoms. The summed E-state index contributed by atoms with van der Waals surface area (Å²) < 4.78 is 0. The van der Waals surface area contributed by atoms with Gasteiger partial charge in [-0.1, -0.05) is 12.1 Å². The van der Waals surface area contributed by atoms with E-state index in [9.17, 15) is 14.4 Å². The summed E-state index contributed by atoms with van der Waals surface area (Å²) in [5.41, 5.74) is 2.14. The molecule has 1 unspecified atom stereocenters. The second-order valence-electron chi connectivity index (χ2n) is 9.42. The van der Waals surface area contributed by atoms with Gasteiger partial charge < -0.3 is 15.1 Å². The molecule has 0 bridgehead atoms. The largest absolute Gasteiger partial charge is 0.365 e. The molecule has 1 N–H and O–H groups in total. The lowest BCUT2D eigenvalue weighted by Crippen LogP contribution is -2.54. The summed E-state index contributed by atoms with van der Waals surface area (Å²) in [5.74, 6) is 0.0136. The minimum atomic E-state index is -0.805. The van der Waals surface area contributed by atoms with Crippen LogP contribution in [0.1, 0.15) is 39.0 Å². The van der Waals surface area contributed by atoms with Crippen LogP contribution in [0.2, 0.25) is 0 Å². The Labute approximate surface area is 193 Å². The fourth-order valence-electron chi connectivity index (χ4n) is 5.30. The predicted octanol–water partition coefficient (Wildman–Crippen LogP) is 2.20. The van der Waals surface area contributed by atoms with Crippen LogP contribution in [0.5, 0.6) is 0 Å². The molecule has 2 saturated heterocycles. The van der Waals surface area contributed by atoms with Crippen molar-refractivity contribution in [2.45, 2.75) is 50.6 Å². The van der Waals surface area contributed by atoms with Gasteiger partial charge in [0.25, 0.3) is 0 Å². The first kappa shape index (κ1) is 21.6. The third kappa shape index (κ3) is 4.21. The van der Waals surface area contributed by atoms with Gasteiger partial charge in [-0.25, -0.2) is 0 Å². The summed E-state index contributed by atoms with van der Waals surface area (Å²) in [6.07, 6.45) is 7.65. The Morgan fingerprint density at radius 3 is 2.73 bits per heavy atom. The molecule has 1 aromatic carbocycles. The summed E-state index contributed by atoms with van der Waals surface area (Å²) in [6.45, 7) is 4.13. The van der Waals surface area contributed by atoms with Crippen LogP contribution in [0, 0.1) is 5.92 Å². The summed E-state index contributed by atoms with van der Waals surface area (Å²) in [7, 11) is 0. The number of rotatable bonds is 6. The molecule has 3 aliphatic rings. The lowest BCUT2D eigenvalue weighted by Gasteiger charge is -2.41. The fraction of sp³-hybridized carbons (Fsp3) is 0.480. The second kappa shape index (κ2) is 8.57. The standard InChI is InChI=1S/C25H29N5O3/c1-17-16-29(24(33)7-8-25(19-5-6-19)22(31)14-23(32)28-25)11-12-30(17)20-4-2-3-18(13-20)21-15-26-9-10-27-21/h2-4,9-10,13,15,17,19H,5-8,11-12,14,16H2,1H3,(H,28,32)/t17-,25?/m0/s1. The van der Waals surface area contributed by atoms with E-state index < -0.39 is 5.54 Å². The van der Waals surface area contributed by atoms with Gasteiger partial charge in [0.2, 0.25) is 11.8 Å². The number of anilines is 1. The van der Waals surface area contributed by atoms with Gasteiger partial charge >= 0.3 is 0 Å². The normalized spacial score (nSPS) is 25.3. The zero-order valence-corrected chi connectivity index (χ0v) is 18.9. The molecule has 2 amide bonds. The zero-order valence-electron chi connectivity index (χ0n) is 18.9. The molecule has 2 atom stereocenters. The third-order valence-electron chi connectivity index (χ3n) is 7.21. The van der Waals surface area contributed by atoms with E-state index in [2.05, 4.69) is 39.2 Å². The van der Waals surface area contributed by atoms with E-state index in [0.717, 1.165) is 36.3 Å². The lowest BCUT2D eigenvalue weighted by molar-refractivity contribution is -0.133. The van der Waals surface area contributed by atoms with Crippen molar-refractivity contribution in [1.82, 2.24) is 20.2 Å². The molecule has 33 heavy (non-hydrogen) atoms. The number of hydrogen-bond donors (Lipinski definition) is 1. The van der Waals surface area contributed by atoms with Gasteiger partial charge in [0.1, 0.15) is 5.54 Å². The highest BCUT2D eigenvalue weighted by atomic mass is 16.2. The van der Waals surface area contributed by atoms with Crippen molar-refractivity contribution in [3.8, 4) is 11.3 Å². The second-order valence-corrected chi connectivity index (χ2v) is 9.42. The van der Waals surface area contributed by atoms with Crippen molar-refractivity contribution < 1.29 is 14.4 Å². The number of piperazine rings is 1. The number of aromatic nitrogens is 2. The van der Waals surface area contributed by atoms with Crippen molar-refractivity contribution in [2.75, 3.05) is 24.5 Å². The van der Waals surface area contributed by atoms with Crippen molar-refractivity contribution >= 4 is 23.3 Å². The number of nitrogens with one attached hydrogen (secondary N) is 1. The Kier molecular flexibility index (Phi) is 5.60. The summed E-state index contributed by atoms with van der Waals surface area (Å²) in [4.78, 5) is 50.2. The van der Waals surface area contributed by atoms with Gasteiger partial charge in [0, 0.05) is 55.7 Å². The molecular weight excluding hydrogens is 418 g/mol. The maximum atomic E-state index is 13.0. The lowest BCUT2D eigenvalue weighted by atomic mass is 9.85. The molecule has 172 valence electrons. The smallest absolute Gasteiger partial charge is 0.228 e. The minimum Gasteiger partial charge on any atom is -0.365 e. The van der Waals surface area contributed by atoms with Gasteiger partial charge in [-0.15, -0.1) is 0 Å². The quantitative estimate of drug-likeness (QED) is 0.682. The van der Waals surface area contributed by atoms with E-state index in [-0.39, 0.29) is 42.4 Å². The third-order valence-corrected chi connectivity index (χ3v) is 7.21. The molecular formula is C25H29N5O3. The van der Waals surface area contributed by atoms with E-state index in [4.69, 9.17) is 0 Å². The Morgan fingerprint density at radius 2 is 2.06 bits per heavy atom. The first-order valence-electron chi connectivity index (χ1n) is 11.7. The Hall–Kier alpha value is -3.29. The highest BCUT2D eigenvalue weighted by molar-refractivity contribution is 6.10. The number of amides is 2. The highest BCUT2D eigenvalue weighted by Crippen LogP contribution is 2.45. The van der Waals surface area contributed by atoms with Crippen LogP contribution in [0.15, 0.2) is 42.9 Å². The van der Waals surface area contributed by atoms with Gasteiger partial charge in [-0.2, -0.15) is 0 Å². The van der Waals surface area contributed by atoms with E-state index in [0.29, 0.717) is 19.5 Å². The SMILES string of the molecule is C[C@H]1CN(C(=O)CCC2(C3CC3)NC(=O)CC2=O)CCN1c1cccc(-c2cnccn2)c1. The Bertz CT molecular complexity index is 1070. The molecule has 3 fully saturated rings. The summed E-state index contributed by atoms with van der Waals surface area (Å²) in [6, 6.07) is 8.41. The van der Waals surface area contributed by atoms with Gasteiger partial charge in [-0.05, 0) is 44.2 Å². The molecule has 2 aliphatic heterocycles. The number of benzene rings is 1. The van der Waals surface area contributed by atoms with Crippen LogP contribution in [0.4, 0.5) is 5.69 Å². The first-order chi connectivity index (χ1) is 16.0. The van der Waals surface area contributed by atoms with Crippen LogP contribution >= 0.6 is 0 Å². The predicted molar refractivity (Wildman–Crippen MR) is 123 cm³/mol. The first-order valence-corrected chi connectivity index (χ1v) is 11.7. The molecule has 0 spiro atoms. The summed E-state index contributed by atoms with van der Waals surface area (Å²) in [5, 5.41) is 2.92. The monoisotopic (exact) mass is 447 g/mol. The molecule has 1 aromatic heterocycles. The Balaban J connectivity index is 1.22. The van der Waals surface area contributed by atoms with Crippen molar-refractivity contribution in [1.29, 1.82) is 0 Å². The fourth-order valence-corrected chi connectivity index (χ4v) is 5.30. The molecule has 5 rings (SSSR count). The molecule has 1 aliphatic carbocycles. The number of ketones is 1. The number of Topliss-reactive ketones (excluding diaryl/α,β-unsaturated/α-hetero) is 1. The highest BCUT2D eigenvalue weighted by Gasteiger charge is 2.55. The molecule has 0 radical (unpaired) electrons. The van der Waals surface area contributed by atoms with Gasteiger partial charge in [0.05, 0.1) is 18.3 Å². The van der Waals surface area contributed by atoms with Gasteiger partial charge in [0.15, 0.2) is 5.78 Å². The van der Waals surface area contributed by atoms with Crippen LogP contribution in [0.3, 0.4) is 0 Å². The van der Waals surface area contributed by atoms with Crippen LogP contribution in [0.25, 0.3) is 11.3 Å². The number of hydrogen-bond acceptors (Lipinski definition) is 6. The van der Waals surface area contributed by atoms with Crippen molar-refractivity contribution in [2.24, 2.45) is 5.92 Å². The maximum Gasteiger partial charge on any atom is 0.228 e. The van der Waals surface area contributed by atoms with E-state index in [1.165, 1.54) is 0 Å². The average Bonchev–Trinajstić information content (AvgIpc) is 3.64. The van der Waals surface area contributed by atoms with Crippen LogP contribution in [-0.2, 0) is 14.4 Å². The molecule has 3 heterocycles. The van der Waals surface area contributed by atoms with Crippen LogP contribution in [-0.4, -0.2) is 63.7 Å². The number of nitrogens with zero attached hydrogens (tertiary/aromatic N) is 4. The van der Waals surface area contributed by atoms with Crippen LogP contribution < -0.4 is 10.2 Å². The molecule has 2 aromatic rings. The summed E-state index contributed by atoms with van der Waals surface area (Å²) >= 11 is 0. The average molecular weight is 448 g/mol. The van der Waals surface area contributed by atoms with E-state index in [1.54, 1.807) is 18.6 Å². The number of carbonyl (C=O) groups excluding carboxylic acids is 3. The van der Waals surface area contributed by atoms with Crippen molar-refractivity contribution in [3.05, 3.63) is 42.9 Å².